The topological polar surface area (TPSA) is 52.6 Å². The summed E-state index contributed by atoms with van der Waals surface area (Å²) in [5, 5.41) is 3.50. The van der Waals surface area contributed by atoms with E-state index in [-0.39, 0.29) is 30.1 Å². The Bertz CT molecular complexity index is 370. The molecule has 0 saturated carbocycles. The lowest BCUT2D eigenvalue weighted by atomic mass is 10.3. The summed E-state index contributed by atoms with van der Waals surface area (Å²) in [6.45, 7) is 9.80. The quantitative estimate of drug-likeness (QED) is 0.363. The van der Waals surface area contributed by atoms with Gasteiger partial charge < -0.3 is 29.5 Å². The Morgan fingerprint density at radius 2 is 2.08 bits per heavy atom. The molecule has 0 amide bonds. The number of hydrogen-bond acceptors (Lipinski definition) is 5. The van der Waals surface area contributed by atoms with E-state index in [9.17, 15) is 0 Å². The van der Waals surface area contributed by atoms with Crippen molar-refractivity contribution in [1.29, 1.82) is 0 Å². The van der Waals surface area contributed by atoms with E-state index in [1.807, 2.05) is 7.05 Å². The van der Waals surface area contributed by atoms with Crippen LogP contribution in [-0.4, -0.2) is 114 Å². The van der Waals surface area contributed by atoms with Crippen LogP contribution in [0.4, 0.5) is 0 Å². The van der Waals surface area contributed by atoms with E-state index in [2.05, 4.69) is 32.1 Å². The van der Waals surface area contributed by atoms with E-state index in [1.54, 1.807) is 7.11 Å². The third-order valence-electron chi connectivity index (χ3n) is 4.53. The van der Waals surface area contributed by atoms with E-state index in [0.29, 0.717) is 6.61 Å². The number of likely N-dealkylation sites (N-methyl/N-ethyl adjacent to an activating group) is 1. The molecule has 24 heavy (non-hydrogen) atoms. The summed E-state index contributed by atoms with van der Waals surface area (Å²) in [6, 6.07) is 0. The van der Waals surface area contributed by atoms with Crippen LogP contribution in [0.15, 0.2) is 4.99 Å². The van der Waals surface area contributed by atoms with Gasteiger partial charge in [-0.3, -0.25) is 4.99 Å². The van der Waals surface area contributed by atoms with Crippen LogP contribution in [0, 0.1) is 0 Å². The van der Waals surface area contributed by atoms with Gasteiger partial charge in [-0.25, -0.2) is 0 Å². The highest BCUT2D eigenvalue weighted by Gasteiger charge is 2.22. The molecule has 0 radical (unpaired) electrons. The first-order valence-corrected chi connectivity index (χ1v) is 8.70. The number of ether oxygens (including phenoxy) is 2. The third kappa shape index (κ3) is 7.38. The Morgan fingerprint density at radius 3 is 2.83 bits per heavy atom. The van der Waals surface area contributed by atoms with Crippen molar-refractivity contribution in [3.05, 3.63) is 0 Å². The van der Waals surface area contributed by atoms with Gasteiger partial charge in [-0.1, -0.05) is 0 Å². The average molecular weight is 455 g/mol. The van der Waals surface area contributed by atoms with Gasteiger partial charge in [-0.2, -0.15) is 0 Å². The molecule has 0 spiro atoms. The molecule has 2 aliphatic heterocycles. The molecule has 0 aromatic heterocycles. The maximum absolute atomic E-state index is 5.70. The fourth-order valence-corrected chi connectivity index (χ4v) is 3.18. The molecule has 0 bridgehead atoms. The van der Waals surface area contributed by atoms with Gasteiger partial charge in [0.05, 0.1) is 19.3 Å². The highest BCUT2D eigenvalue weighted by molar-refractivity contribution is 14.0. The lowest BCUT2D eigenvalue weighted by Gasteiger charge is -2.35. The second-order valence-corrected chi connectivity index (χ2v) is 6.37. The zero-order chi connectivity index (χ0) is 16.5. The number of morpholine rings is 1. The van der Waals surface area contributed by atoms with Crippen LogP contribution >= 0.6 is 24.0 Å². The second-order valence-electron chi connectivity index (χ2n) is 6.37. The lowest BCUT2D eigenvalue weighted by molar-refractivity contribution is -0.0447. The van der Waals surface area contributed by atoms with Crippen molar-refractivity contribution in [1.82, 2.24) is 20.0 Å². The molecule has 142 valence electrons. The summed E-state index contributed by atoms with van der Waals surface area (Å²) >= 11 is 0. The first kappa shape index (κ1) is 21.9. The van der Waals surface area contributed by atoms with Crippen LogP contribution in [0.2, 0.25) is 0 Å². The van der Waals surface area contributed by atoms with Crippen molar-refractivity contribution < 1.29 is 9.47 Å². The number of nitrogens with one attached hydrogen (secondary N) is 1. The molecular weight excluding hydrogens is 421 g/mol. The second kappa shape index (κ2) is 12.2. The lowest BCUT2D eigenvalue weighted by Crippen LogP contribution is -2.52. The minimum absolute atomic E-state index is 0. The predicted octanol–water partition coefficient (Wildman–Crippen LogP) is 0.165. The minimum atomic E-state index is 0. The van der Waals surface area contributed by atoms with Crippen molar-refractivity contribution in [3.63, 3.8) is 0 Å². The van der Waals surface area contributed by atoms with Crippen molar-refractivity contribution in [2.24, 2.45) is 4.99 Å². The number of aliphatic imine (C=N–C) groups is 1. The summed E-state index contributed by atoms with van der Waals surface area (Å²) in [5.41, 5.74) is 0. The van der Waals surface area contributed by atoms with Gasteiger partial charge in [0.1, 0.15) is 0 Å². The van der Waals surface area contributed by atoms with Gasteiger partial charge in [-0.05, 0) is 26.6 Å². The first-order valence-electron chi connectivity index (χ1n) is 8.70. The Labute approximate surface area is 163 Å². The van der Waals surface area contributed by atoms with Crippen LogP contribution in [-0.2, 0) is 9.47 Å². The molecule has 2 rings (SSSR count). The number of hydrogen-bond donors (Lipinski definition) is 1. The largest absolute Gasteiger partial charge is 0.382 e. The molecule has 2 heterocycles. The summed E-state index contributed by atoms with van der Waals surface area (Å²) in [6.07, 6.45) is 1.39. The highest BCUT2D eigenvalue weighted by atomic mass is 127. The van der Waals surface area contributed by atoms with E-state index in [1.165, 1.54) is 19.5 Å². The molecular formula is C16H34IN5O2. The Morgan fingerprint density at radius 1 is 1.25 bits per heavy atom. The molecule has 0 aromatic rings. The molecule has 7 nitrogen and oxygen atoms in total. The van der Waals surface area contributed by atoms with Gasteiger partial charge >= 0.3 is 0 Å². The maximum Gasteiger partial charge on any atom is 0.193 e. The molecule has 1 N–H and O–H groups in total. The summed E-state index contributed by atoms with van der Waals surface area (Å²) in [5.74, 6) is 0.973. The molecule has 0 aliphatic carbocycles. The molecule has 2 fully saturated rings. The van der Waals surface area contributed by atoms with E-state index < -0.39 is 0 Å². The van der Waals surface area contributed by atoms with Crippen molar-refractivity contribution in [3.8, 4) is 0 Å². The first-order chi connectivity index (χ1) is 11.2. The fraction of sp³-hybridized carbons (Fsp3) is 0.938. The Kier molecular flexibility index (Phi) is 11.2. The number of guanidine groups is 1. The van der Waals surface area contributed by atoms with Gasteiger partial charge in [0, 0.05) is 53.4 Å². The third-order valence-corrected chi connectivity index (χ3v) is 4.53. The van der Waals surface area contributed by atoms with Gasteiger partial charge in [0.2, 0.25) is 0 Å². The standard InChI is InChI=1S/C16H33N5O2.HI/c1-17-16(21-11-12-23-15(13-21)14-22-3)18-5-8-20-7-4-6-19(2)9-10-20;/h15H,4-14H2,1-3H3,(H,17,18);1H. The number of methoxy groups -OCH3 is 1. The van der Waals surface area contributed by atoms with Crippen molar-refractivity contribution in [2.45, 2.75) is 12.5 Å². The molecule has 1 unspecified atom stereocenters. The average Bonchev–Trinajstić information content (AvgIpc) is 2.77. The van der Waals surface area contributed by atoms with Crippen molar-refractivity contribution >= 4 is 29.9 Å². The molecule has 1 atom stereocenters. The summed E-state index contributed by atoms with van der Waals surface area (Å²) in [7, 11) is 5.77. The maximum atomic E-state index is 5.70. The van der Waals surface area contributed by atoms with Crippen LogP contribution < -0.4 is 5.32 Å². The van der Waals surface area contributed by atoms with Crippen molar-refractivity contribution in [2.75, 3.05) is 86.8 Å². The van der Waals surface area contributed by atoms with Crippen LogP contribution in [0.1, 0.15) is 6.42 Å². The predicted molar refractivity (Wildman–Crippen MR) is 109 cm³/mol. The minimum Gasteiger partial charge on any atom is -0.382 e. The fourth-order valence-electron chi connectivity index (χ4n) is 3.18. The zero-order valence-corrected chi connectivity index (χ0v) is 17.7. The number of halogens is 1. The van der Waals surface area contributed by atoms with Gasteiger partial charge in [-0.15, -0.1) is 24.0 Å². The van der Waals surface area contributed by atoms with Gasteiger partial charge in [0.15, 0.2) is 5.96 Å². The van der Waals surface area contributed by atoms with E-state index in [4.69, 9.17) is 9.47 Å². The molecule has 2 aliphatic rings. The van der Waals surface area contributed by atoms with Crippen LogP contribution in [0.3, 0.4) is 0 Å². The normalized spacial score (nSPS) is 24.4. The zero-order valence-electron chi connectivity index (χ0n) is 15.4. The smallest absolute Gasteiger partial charge is 0.193 e. The summed E-state index contributed by atoms with van der Waals surface area (Å²) in [4.78, 5) is 11.6. The number of nitrogens with zero attached hydrogens (tertiary/aromatic N) is 4. The number of rotatable bonds is 5. The monoisotopic (exact) mass is 455 g/mol. The highest BCUT2D eigenvalue weighted by Crippen LogP contribution is 2.06. The molecule has 8 heteroatoms. The molecule has 0 aromatic carbocycles. The van der Waals surface area contributed by atoms with Crippen LogP contribution in [0.25, 0.3) is 0 Å². The van der Waals surface area contributed by atoms with E-state index in [0.717, 1.165) is 51.8 Å². The Balaban J connectivity index is 0.00000288. The van der Waals surface area contributed by atoms with Crippen LogP contribution in [0.5, 0.6) is 0 Å². The Hall–Kier alpha value is -0.160. The van der Waals surface area contributed by atoms with E-state index >= 15 is 0 Å². The molecule has 2 saturated heterocycles. The summed E-state index contributed by atoms with van der Waals surface area (Å²) < 4.78 is 10.9. The van der Waals surface area contributed by atoms with Gasteiger partial charge in [0.25, 0.3) is 0 Å². The SMILES string of the molecule is CN=C(NCCN1CCCN(C)CC1)N1CCOC(COC)C1.I.